The Labute approximate surface area is 122 Å². The fourth-order valence-electron chi connectivity index (χ4n) is 2.01. The van der Waals surface area contributed by atoms with Crippen molar-refractivity contribution in [2.45, 2.75) is 6.61 Å². The van der Waals surface area contributed by atoms with Gasteiger partial charge in [-0.2, -0.15) is 0 Å². The normalized spacial score (nSPS) is 10.4. The van der Waals surface area contributed by atoms with Gasteiger partial charge in [-0.1, -0.05) is 41.9 Å². The van der Waals surface area contributed by atoms with Crippen molar-refractivity contribution < 1.29 is 9.15 Å². The predicted octanol–water partition coefficient (Wildman–Crippen LogP) is 5.18. The van der Waals surface area contributed by atoms with Gasteiger partial charge in [-0.15, -0.1) is 0 Å². The molecule has 3 aromatic rings. The minimum atomic E-state index is 0.506. The second-order valence-corrected chi connectivity index (χ2v) is 4.86. The van der Waals surface area contributed by atoms with Crippen molar-refractivity contribution in [3.8, 4) is 16.9 Å². The van der Waals surface area contributed by atoms with E-state index in [0.29, 0.717) is 11.6 Å². The third-order valence-electron chi connectivity index (χ3n) is 3.01. The number of benzene rings is 2. The Kier molecular flexibility index (Phi) is 3.75. The Bertz CT molecular complexity index is 675. The molecule has 0 saturated heterocycles. The molecule has 1 heterocycles. The van der Waals surface area contributed by atoms with E-state index in [1.807, 2.05) is 54.6 Å². The van der Waals surface area contributed by atoms with E-state index in [4.69, 9.17) is 20.8 Å². The Morgan fingerprint density at radius 1 is 1.00 bits per heavy atom. The number of hydrogen-bond acceptors (Lipinski definition) is 2. The second kappa shape index (κ2) is 5.85. The summed E-state index contributed by atoms with van der Waals surface area (Å²) < 4.78 is 11.0. The standard InChI is InChI=1S/C17H13ClO2/c18-15-6-7-16(14-8-9-19-12-14)17(10-15)20-11-13-4-2-1-3-5-13/h1-10,12H,11H2. The van der Waals surface area contributed by atoms with Crippen LogP contribution in [0.15, 0.2) is 71.5 Å². The first kappa shape index (κ1) is 12.8. The maximum Gasteiger partial charge on any atom is 0.129 e. The van der Waals surface area contributed by atoms with Crippen LogP contribution in [0.25, 0.3) is 11.1 Å². The zero-order chi connectivity index (χ0) is 13.8. The Hall–Kier alpha value is -2.19. The zero-order valence-corrected chi connectivity index (χ0v) is 11.5. The Morgan fingerprint density at radius 3 is 2.60 bits per heavy atom. The molecule has 2 nitrogen and oxygen atoms in total. The van der Waals surface area contributed by atoms with Gasteiger partial charge in [0.15, 0.2) is 0 Å². The van der Waals surface area contributed by atoms with Crippen LogP contribution in [0.4, 0.5) is 0 Å². The highest BCUT2D eigenvalue weighted by Gasteiger charge is 2.08. The van der Waals surface area contributed by atoms with Crippen LogP contribution in [0.1, 0.15) is 5.56 Å². The average molecular weight is 285 g/mol. The zero-order valence-electron chi connectivity index (χ0n) is 10.8. The number of ether oxygens (including phenoxy) is 1. The second-order valence-electron chi connectivity index (χ2n) is 4.43. The predicted molar refractivity (Wildman–Crippen MR) is 79.9 cm³/mol. The van der Waals surface area contributed by atoms with Gasteiger partial charge in [0.25, 0.3) is 0 Å². The summed E-state index contributed by atoms with van der Waals surface area (Å²) in [5.41, 5.74) is 3.06. The number of furan rings is 1. The number of rotatable bonds is 4. The first-order chi connectivity index (χ1) is 9.83. The fraction of sp³-hybridized carbons (Fsp3) is 0.0588. The molecule has 0 atom stereocenters. The molecule has 1 aromatic heterocycles. The molecule has 2 aromatic carbocycles. The molecular formula is C17H13ClO2. The molecule has 0 aliphatic heterocycles. The van der Waals surface area contributed by atoms with Crippen LogP contribution in [-0.2, 0) is 6.61 Å². The molecule has 0 radical (unpaired) electrons. The van der Waals surface area contributed by atoms with Crippen molar-refractivity contribution in [2.75, 3.05) is 0 Å². The van der Waals surface area contributed by atoms with Gasteiger partial charge in [-0.3, -0.25) is 0 Å². The molecule has 0 saturated carbocycles. The van der Waals surface area contributed by atoms with Crippen LogP contribution in [-0.4, -0.2) is 0 Å². The topological polar surface area (TPSA) is 22.4 Å². The maximum absolute atomic E-state index is 6.06. The SMILES string of the molecule is Clc1ccc(-c2ccoc2)c(OCc2ccccc2)c1. The van der Waals surface area contributed by atoms with Gasteiger partial charge in [0.05, 0.1) is 12.5 Å². The third kappa shape index (κ3) is 2.86. The molecule has 100 valence electrons. The lowest BCUT2D eigenvalue weighted by Crippen LogP contribution is -1.96. The highest BCUT2D eigenvalue weighted by molar-refractivity contribution is 6.30. The van der Waals surface area contributed by atoms with E-state index >= 15 is 0 Å². The monoisotopic (exact) mass is 284 g/mol. The summed E-state index contributed by atoms with van der Waals surface area (Å²) in [7, 11) is 0. The van der Waals surface area contributed by atoms with Gasteiger partial charge in [-0.25, -0.2) is 0 Å². The van der Waals surface area contributed by atoms with Crippen LogP contribution in [0.5, 0.6) is 5.75 Å². The summed E-state index contributed by atoms with van der Waals surface area (Å²) >= 11 is 6.06. The molecule has 0 spiro atoms. The van der Waals surface area contributed by atoms with E-state index in [-0.39, 0.29) is 0 Å². The minimum Gasteiger partial charge on any atom is -0.488 e. The van der Waals surface area contributed by atoms with Gasteiger partial charge in [0.2, 0.25) is 0 Å². The molecule has 0 amide bonds. The molecule has 0 aliphatic rings. The van der Waals surface area contributed by atoms with Crippen LogP contribution in [0.3, 0.4) is 0 Å². The van der Waals surface area contributed by atoms with Gasteiger partial charge >= 0.3 is 0 Å². The smallest absolute Gasteiger partial charge is 0.129 e. The molecule has 0 unspecified atom stereocenters. The van der Waals surface area contributed by atoms with Gasteiger partial charge < -0.3 is 9.15 Å². The van der Waals surface area contributed by atoms with E-state index in [1.165, 1.54) is 0 Å². The van der Waals surface area contributed by atoms with E-state index in [2.05, 4.69) is 0 Å². The summed E-state index contributed by atoms with van der Waals surface area (Å²) in [4.78, 5) is 0. The molecule has 0 N–H and O–H groups in total. The number of halogens is 1. The van der Waals surface area contributed by atoms with Crippen LogP contribution in [0, 0.1) is 0 Å². The van der Waals surface area contributed by atoms with Gasteiger partial charge in [0, 0.05) is 16.1 Å². The average Bonchev–Trinajstić information content (AvgIpc) is 3.00. The highest BCUT2D eigenvalue weighted by Crippen LogP contribution is 2.33. The largest absolute Gasteiger partial charge is 0.488 e. The first-order valence-corrected chi connectivity index (χ1v) is 6.69. The quantitative estimate of drug-likeness (QED) is 0.659. The summed E-state index contributed by atoms with van der Waals surface area (Å²) in [6.07, 6.45) is 3.34. The Balaban J connectivity index is 1.87. The lowest BCUT2D eigenvalue weighted by Gasteiger charge is -2.11. The van der Waals surface area contributed by atoms with Crippen LogP contribution in [0.2, 0.25) is 5.02 Å². The lowest BCUT2D eigenvalue weighted by atomic mass is 10.1. The lowest BCUT2D eigenvalue weighted by molar-refractivity contribution is 0.307. The van der Waals surface area contributed by atoms with Crippen LogP contribution >= 0.6 is 11.6 Å². The van der Waals surface area contributed by atoms with Gasteiger partial charge in [0.1, 0.15) is 12.4 Å². The molecule has 20 heavy (non-hydrogen) atoms. The van der Waals surface area contributed by atoms with Crippen molar-refractivity contribution in [2.24, 2.45) is 0 Å². The molecule has 0 fully saturated rings. The van der Waals surface area contributed by atoms with E-state index in [0.717, 1.165) is 22.4 Å². The van der Waals surface area contributed by atoms with Crippen molar-refractivity contribution in [3.63, 3.8) is 0 Å². The van der Waals surface area contributed by atoms with E-state index in [1.54, 1.807) is 12.5 Å². The fourth-order valence-corrected chi connectivity index (χ4v) is 2.17. The highest BCUT2D eigenvalue weighted by atomic mass is 35.5. The van der Waals surface area contributed by atoms with Gasteiger partial charge in [-0.05, 0) is 29.8 Å². The first-order valence-electron chi connectivity index (χ1n) is 6.32. The van der Waals surface area contributed by atoms with Crippen molar-refractivity contribution in [1.82, 2.24) is 0 Å². The summed E-state index contributed by atoms with van der Waals surface area (Å²) in [6, 6.07) is 17.5. The molecule has 0 aliphatic carbocycles. The van der Waals surface area contributed by atoms with Crippen molar-refractivity contribution in [3.05, 3.63) is 77.7 Å². The number of hydrogen-bond donors (Lipinski definition) is 0. The molecular weight excluding hydrogens is 272 g/mol. The maximum atomic E-state index is 6.06. The van der Waals surface area contributed by atoms with Crippen molar-refractivity contribution in [1.29, 1.82) is 0 Å². The third-order valence-corrected chi connectivity index (χ3v) is 3.25. The minimum absolute atomic E-state index is 0.506. The summed E-state index contributed by atoms with van der Waals surface area (Å²) in [5, 5.41) is 0.653. The molecule has 3 rings (SSSR count). The van der Waals surface area contributed by atoms with E-state index in [9.17, 15) is 0 Å². The summed E-state index contributed by atoms with van der Waals surface area (Å²) in [6.45, 7) is 0.506. The Morgan fingerprint density at radius 2 is 1.85 bits per heavy atom. The summed E-state index contributed by atoms with van der Waals surface area (Å²) in [5.74, 6) is 0.753. The van der Waals surface area contributed by atoms with Crippen LogP contribution < -0.4 is 4.74 Å². The van der Waals surface area contributed by atoms with E-state index < -0.39 is 0 Å². The molecule has 0 bridgehead atoms. The molecule has 3 heteroatoms. The van der Waals surface area contributed by atoms with Crippen molar-refractivity contribution >= 4 is 11.6 Å².